The van der Waals surface area contributed by atoms with E-state index in [2.05, 4.69) is 20.9 Å². The van der Waals surface area contributed by atoms with Crippen molar-refractivity contribution in [1.82, 2.24) is 15.6 Å². The first kappa shape index (κ1) is 23.6. The Morgan fingerprint density at radius 2 is 1.93 bits per heavy atom. The molecule has 0 radical (unpaired) electrons. The first-order chi connectivity index (χ1) is 13.0. The molecule has 0 aliphatic heterocycles. The molecule has 1 atom stereocenters. The van der Waals surface area contributed by atoms with E-state index in [9.17, 15) is 14.4 Å². The molecule has 0 bridgehead atoms. The molecule has 0 spiro atoms. The zero-order valence-corrected chi connectivity index (χ0v) is 17.9. The molecule has 0 aliphatic rings. The summed E-state index contributed by atoms with van der Waals surface area (Å²) in [7, 11) is 0. The number of alkyl carbamates (subject to hydrolysis) is 2. The maximum absolute atomic E-state index is 12.1. The first-order valence-electron chi connectivity index (χ1n) is 8.33. The smallest absolute Gasteiger partial charge is 0.413 e. The highest BCUT2D eigenvalue weighted by atomic mass is 32.1. The molecule has 10 nitrogen and oxygen atoms in total. The standard InChI is InChI=1S/C16H24N4O6S2/c1-6-24-14(22)20-12(27)19-13-17-11(8-28-13)10(7-25-9(2)21)18-15(23)26-16(3,4)5/h8,10H,6-7H2,1-5H3,(H,18,23)(H2,17,19,20,22,27). The van der Waals surface area contributed by atoms with Gasteiger partial charge in [0.2, 0.25) is 0 Å². The Kier molecular flexibility index (Phi) is 9.06. The molecule has 0 saturated heterocycles. The van der Waals surface area contributed by atoms with Gasteiger partial charge < -0.3 is 24.8 Å². The van der Waals surface area contributed by atoms with Gasteiger partial charge in [-0.25, -0.2) is 14.6 Å². The van der Waals surface area contributed by atoms with Gasteiger partial charge in [-0.05, 0) is 39.9 Å². The van der Waals surface area contributed by atoms with Crippen LogP contribution in [0.2, 0.25) is 0 Å². The van der Waals surface area contributed by atoms with Crippen LogP contribution in [0.25, 0.3) is 0 Å². The van der Waals surface area contributed by atoms with Crippen molar-refractivity contribution in [2.45, 2.75) is 46.3 Å². The first-order valence-corrected chi connectivity index (χ1v) is 9.62. The van der Waals surface area contributed by atoms with E-state index in [-0.39, 0.29) is 18.3 Å². The number of anilines is 1. The Balaban J connectivity index is 2.79. The van der Waals surface area contributed by atoms with Crippen LogP contribution >= 0.6 is 23.6 Å². The number of thiazole rings is 1. The second-order valence-corrected chi connectivity index (χ2v) is 7.64. The third kappa shape index (κ3) is 9.46. The lowest BCUT2D eigenvalue weighted by atomic mass is 10.2. The number of rotatable bonds is 6. The third-order valence-electron chi connectivity index (χ3n) is 2.73. The van der Waals surface area contributed by atoms with Crippen molar-refractivity contribution in [1.29, 1.82) is 0 Å². The van der Waals surface area contributed by atoms with Crippen LogP contribution in [0.5, 0.6) is 0 Å². The summed E-state index contributed by atoms with van der Waals surface area (Å²) in [5.74, 6) is -0.496. The van der Waals surface area contributed by atoms with Crippen LogP contribution in [0.15, 0.2) is 5.38 Å². The summed E-state index contributed by atoms with van der Waals surface area (Å²) in [4.78, 5) is 38.8. The summed E-state index contributed by atoms with van der Waals surface area (Å²) in [5, 5.41) is 9.72. The Labute approximate surface area is 172 Å². The molecule has 0 aromatic carbocycles. The van der Waals surface area contributed by atoms with Gasteiger partial charge in [0.1, 0.15) is 18.2 Å². The fraction of sp³-hybridized carbons (Fsp3) is 0.562. The van der Waals surface area contributed by atoms with E-state index >= 15 is 0 Å². The third-order valence-corrected chi connectivity index (χ3v) is 3.71. The Hall–Kier alpha value is -2.47. The summed E-state index contributed by atoms with van der Waals surface area (Å²) in [5.41, 5.74) is -0.256. The summed E-state index contributed by atoms with van der Waals surface area (Å²) in [6, 6.07) is -0.725. The maximum Gasteiger partial charge on any atom is 0.413 e. The fourth-order valence-corrected chi connectivity index (χ4v) is 2.76. The number of thiocarbonyl (C=S) groups is 1. The van der Waals surface area contributed by atoms with Crippen molar-refractivity contribution in [3.05, 3.63) is 11.1 Å². The minimum Gasteiger partial charge on any atom is -0.463 e. The Bertz CT molecular complexity index is 716. The molecule has 3 N–H and O–H groups in total. The molecule has 156 valence electrons. The summed E-state index contributed by atoms with van der Waals surface area (Å²) >= 11 is 6.19. The quantitative estimate of drug-likeness (QED) is 0.353. The molecule has 0 aliphatic carbocycles. The van der Waals surface area contributed by atoms with Crippen LogP contribution in [-0.2, 0) is 19.0 Å². The zero-order chi connectivity index (χ0) is 21.3. The van der Waals surface area contributed by atoms with E-state index in [1.807, 2.05) is 0 Å². The molecule has 2 amide bonds. The monoisotopic (exact) mass is 432 g/mol. The molecule has 28 heavy (non-hydrogen) atoms. The number of hydrogen-bond acceptors (Lipinski definition) is 9. The molecule has 1 heterocycles. The number of carbonyl (C=O) groups is 3. The predicted molar refractivity (Wildman–Crippen MR) is 107 cm³/mol. The minimum absolute atomic E-state index is 0.0102. The van der Waals surface area contributed by atoms with Crippen LogP contribution in [0, 0.1) is 0 Å². The highest BCUT2D eigenvalue weighted by Gasteiger charge is 2.23. The normalized spacial score (nSPS) is 11.8. The van der Waals surface area contributed by atoms with E-state index in [0.717, 1.165) is 0 Å². The van der Waals surface area contributed by atoms with Crippen molar-refractivity contribution < 1.29 is 28.6 Å². The van der Waals surface area contributed by atoms with Crippen LogP contribution in [0.3, 0.4) is 0 Å². The fourth-order valence-electron chi connectivity index (χ4n) is 1.74. The number of ether oxygens (including phenoxy) is 3. The van der Waals surface area contributed by atoms with Crippen molar-refractivity contribution in [3.8, 4) is 0 Å². The lowest BCUT2D eigenvalue weighted by Crippen LogP contribution is -2.37. The number of amides is 2. The van der Waals surface area contributed by atoms with Crippen LogP contribution in [0.4, 0.5) is 14.7 Å². The SMILES string of the molecule is CCOC(=O)NC(=S)Nc1nc(C(COC(C)=O)NC(=O)OC(C)(C)C)cs1. The highest BCUT2D eigenvalue weighted by molar-refractivity contribution is 7.80. The number of aromatic nitrogens is 1. The van der Waals surface area contributed by atoms with Gasteiger partial charge in [0.05, 0.1) is 12.3 Å². The van der Waals surface area contributed by atoms with E-state index in [1.165, 1.54) is 18.3 Å². The molecule has 1 aromatic heterocycles. The molecule has 1 aromatic rings. The van der Waals surface area contributed by atoms with Crippen LogP contribution in [-0.4, -0.2) is 47.1 Å². The van der Waals surface area contributed by atoms with E-state index < -0.39 is 29.8 Å². The number of nitrogens with one attached hydrogen (secondary N) is 3. The molecular weight excluding hydrogens is 408 g/mol. The maximum atomic E-state index is 12.1. The average Bonchev–Trinajstić information content (AvgIpc) is 2.97. The molecule has 1 rings (SSSR count). The van der Waals surface area contributed by atoms with Gasteiger partial charge in [-0.2, -0.15) is 0 Å². The molecule has 0 fully saturated rings. The van der Waals surface area contributed by atoms with Crippen molar-refractivity contribution >= 4 is 52.0 Å². The van der Waals surface area contributed by atoms with Gasteiger partial charge in [-0.15, -0.1) is 11.3 Å². The number of nitrogens with zero attached hydrogens (tertiary/aromatic N) is 1. The summed E-state index contributed by atoms with van der Waals surface area (Å²) < 4.78 is 14.9. The summed E-state index contributed by atoms with van der Waals surface area (Å²) in [6.07, 6.45) is -1.36. The largest absolute Gasteiger partial charge is 0.463 e. The van der Waals surface area contributed by atoms with Crippen molar-refractivity contribution in [3.63, 3.8) is 0 Å². The van der Waals surface area contributed by atoms with E-state index in [4.69, 9.17) is 26.4 Å². The van der Waals surface area contributed by atoms with Crippen molar-refractivity contribution in [2.75, 3.05) is 18.5 Å². The second-order valence-electron chi connectivity index (χ2n) is 6.38. The summed E-state index contributed by atoms with van der Waals surface area (Å²) in [6.45, 7) is 8.22. The van der Waals surface area contributed by atoms with Crippen molar-refractivity contribution in [2.24, 2.45) is 0 Å². The lowest BCUT2D eigenvalue weighted by Gasteiger charge is -2.22. The molecule has 12 heteroatoms. The van der Waals surface area contributed by atoms with E-state index in [0.29, 0.717) is 10.8 Å². The second kappa shape index (κ2) is 10.8. The Morgan fingerprint density at radius 3 is 2.50 bits per heavy atom. The molecule has 1 unspecified atom stereocenters. The number of esters is 1. The van der Waals surface area contributed by atoms with E-state index in [1.54, 1.807) is 33.1 Å². The van der Waals surface area contributed by atoms with Crippen LogP contribution in [0.1, 0.15) is 46.4 Å². The minimum atomic E-state index is -0.725. The van der Waals surface area contributed by atoms with Gasteiger partial charge in [0.15, 0.2) is 10.2 Å². The topological polar surface area (TPSA) is 128 Å². The Morgan fingerprint density at radius 1 is 1.25 bits per heavy atom. The lowest BCUT2D eigenvalue weighted by molar-refractivity contribution is -0.141. The molecule has 0 saturated carbocycles. The molecular formula is C16H24N4O6S2. The number of carbonyl (C=O) groups excluding carboxylic acids is 3. The van der Waals surface area contributed by atoms with Crippen LogP contribution < -0.4 is 16.0 Å². The predicted octanol–water partition coefficient (Wildman–Crippen LogP) is 2.71. The average molecular weight is 433 g/mol. The van der Waals surface area contributed by atoms with Gasteiger partial charge in [0, 0.05) is 12.3 Å². The zero-order valence-electron chi connectivity index (χ0n) is 16.3. The number of hydrogen-bond donors (Lipinski definition) is 3. The van der Waals surface area contributed by atoms with Gasteiger partial charge >= 0.3 is 18.2 Å². The van der Waals surface area contributed by atoms with Gasteiger partial charge in [-0.3, -0.25) is 10.1 Å². The van der Waals surface area contributed by atoms with Gasteiger partial charge in [0.25, 0.3) is 0 Å². The van der Waals surface area contributed by atoms with Gasteiger partial charge in [-0.1, -0.05) is 0 Å². The highest BCUT2D eigenvalue weighted by Crippen LogP contribution is 2.22.